The molecule has 0 fully saturated rings. The second-order valence-corrected chi connectivity index (χ2v) is 1.64. The normalized spacial score (nSPS) is 8.44. The van der Waals surface area contributed by atoms with Gasteiger partial charge in [-0.15, -0.1) is 0 Å². The van der Waals surface area contributed by atoms with Crippen LogP contribution >= 0.6 is 0 Å². The number of aromatic nitrogens is 2. The molecule has 0 spiro atoms. The predicted molar refractivity (Wildman–Crippen MR) is 31.5 cm³/mol. The molecule has 3 heteroatoms. The van der Waals surface area contributed by atoms with Gasteiger partial charge in [-0.05, 0) is 13.0 Å². The van der Waals surface area contributed by atoms with E-state index >= 15 is 0 Å². The summed E-state index contributed by atoms with van der Waals surface area (Å²) >= 11 is 0. The average Bonchev–Trinajstić information content (AvgIpc) is 1.89. The zero-order valence-electron chi connectivity index (χ0n) is 5.00. The molecule has 1 aromatic heterocycles. The Kier molecular flexibility index (Phi) is 1.41. The van der Waals surface area contributed by atoms with Crippen molar-refractivity contribution in [3.63, 3.8) is 0 Å². The van der Waals surface area contributed by atoms with E-state index in [1.165, 1.54) is 6.20 Å². The fourth-order valence-corrected chi connectivity index (χ4v) is 0.520. The minimum absolute atomic E-state index is 0.588. The van der Waals surface area contributed by atoms with E-state index in [9.17, 15) is 0 Å². The third-order valence-electron chi connectivity index (χ3n) is 1.03. The lowest BCUT2D eigenvalue weighted by molar-refractivity contribution is 0.972. The van der Waals surface area contributed by atoms with Crippen molar-refractivity contribution in [3.8, 4) is 6.07 Å². The molecule has 0 aliphatic heterocycles. The van der Waals surface area contributed by atoms with Gasteiger partial charge in [0.1, 0.15) is 6.07 Å². The van der Waals surface area contributed by atoms with Gasteiger partial charge in [-0.2, -0.15) is 15.5 Å². The molecule has 0 aliphatic rings. The SMILES string of the molecule is Cc1nnccc1C#N. The molecule has 0 saturated carbocycles. The third kappa shape index (κ3) is 1.03. The summed E-state index contributed by atoms with van der Waals surface area (Å²) < 4.78 is 0. The van der Waals surface area contributed by atoms with Crippen LogP contribution in [0.1, 0.15) is 11.3 Å². The number of hydrogen-bond donors (Lipinski definition) is 0. The molecule has 3 nitrogen and oxygen atoms in total. The van der Waals surface area contributed by atoms with Crippen LogP contribution < -0.4 is 0 Å². The van der Waals surface area contributed by atoms with E-state index in [-0.39, 0.29) is 0 Å². The monoisotopic (exact) mass is 119 g/mol. The molecule has 9 heavy (non-hydrogen) atoms. The summed E-state index contributed by atoms with van der Waals surface area (Å²) in [5, 5.41) is 15.7. The van der Waals surface area contributed by atoms with Crippen molar-refractivity contribution >= 4 is 0 Å². The summed E-state index contributed by atoms with van der Waals surface area (Å²) in [6, 6.07) is 3.63. The molecule has 0 radical (unpaired) electrons. The Bertz CT molecular complexity index is 249. The van der Waals surface area contributed by atoms with E-state index in [1.807, 2.05) is 6.07 Å². The Hall–Kier alpha value is -1.43. The minimum Gasteiger partial charge on any atom is -0.192 e. The Balaban J connectivity index is 3.20. The Labute approximate surface area is 53.0 Å². The van der Waals surface area contributed by atoms with Crippen molar-refractivity contribution in [2.45, 2.75) is 6.92 Å². The highest BCUT2D eigenvalue weighted by Crippen LogP contribution is 1.97. The molecule has 1 rings (SSSR count). The number of aryl methyl sites for hydroxylation is 1. The van der Waals surface area contributed by atoms with Gasteiger partial charge in [0.25, 0.3) is 0 Å². The number of rotatable bonds is 0. The van der Waals surface area contributed by atoms with E-state index < -0.39 is 0 Å². The highest BCUT2D eigenvalue weighted by molar-refractivity contribution is 5.29. The summed E-state index contributed by atoms with van der Waals surface area (Å²) in [5.41, 5.74) is 1.27. The maximum absolute atomic E-state index is 8.40. The molecular weight excluding hydrogens is 114 g/mol. The molecule has 44 valence electrons. The van der Waals surface area contributed by atoms with Gasteiger partial charge in [0, 0.05) is 0 Å². The quantitative estimate of drug-likeness (QED) is 0.504. The summed E-state index contributed by atoms with van der Waals surface area (Å²) in [7, 11) is 0. The Morgan fingerprint density at radius 1 is 1.67 bits per heavy atom. The minimum atomic E-state index is 0.588. The maximum atomic E-state index is 8.40. The van der Waals surface area contributed by atoms with Crippen LogP contribution in [0.4, 0.5) is 0 Å². The van der Waals surface area contributed by atoms with Crippen molar-refractivity contribution in [1.82, 2.24) is 10.2 Å². The van der Waals surface area contributed by atoms with Crippen LogP contribution in [0.5, 0.6) is 0 Å². The van der Waals surface area contributed by atoms with E-state index in [4.69, 9.17) is 5.26 Å². The number of nitriles is 1. The van der Waals surface area contributed by atoms with Crippen LogP contribution in [0.15, 0.2) is 12.3 Å². The predicted octanol–water partition coefficient (Wildman–Crippen LogP) is 0.657. The standard InChI is InChI=1S/C6H5N3/c1-5-6(4-7)2-3-8-9-5/h2-3H,1H3. The van der Waals surface area contributed by atoms with E-state index in [1.54, 1.807) is 13.0 Å². The van der Waals surface area contributed by atoms with Crippen molar-refractivity contribution in [2.75, 3.05) is 0 Å². The first-order valence-corrected chi connectivity index (χ1v) is 2.53. The highest BCUT2D eigenvalue weighted by atomic mass is 15.1. The fraction of sp³-hybridized carbons (Fsp3) is 0.167. The van der Waals surface area contributed by atoms with Crippen LogP contribution in [0.2, 0.25) is 0 Å². The molecule has 1 aromatic rings. The Morgan fingerprint density at radius 3 is 2.89 bits per heavy atom. The number of nitrogens with zero attached hydrogens (tertiary/aromatic N) is 3. The molecule has 0 unspecified atom stereocenters. The first kappa shape index (κ1) is 5.70. The maximum Gasteiger partial charge on any atom is 0.101 e. The van der Waals surface area contributed by atoms with Crippen LogP contribution in [-0.4, -0.2) is 10.2 Å². The molecule has 0 atom stereocenters. The van der Waals surface area contributed by atoms with E-state index in [2.05, 4.69) is 10.2 Å². The van der Waals surface area contributed by atoms with Crippen LogP contribution in [0.25, 0.3) is 0 Å². The van der Waals surface area contributed by atoms with Crippen LogP contribution in [0.3, 0.4) is 0 Å². The number of hydrogen-bond acceptors (Lipinski definition) is 3. The van der Waals surface area contributed by atoms with Gasteiger partial charge >= 0.3 is 0 Å². The van der Waals surface area contributed by atoms with E-state index in [0.717, 1.165) is 0 Å². The molecule has 1 heterocycles. The molecule has 0 aromatic carbocycles. The van der Waals surface area contributed by atoms with Gasteiger partial charge in [0.05, 0.1) is 17.5 Å². The first-order valence-electron chi connectivity index (χ1n) is 2.53. The van der Waals surface area contributed by atoms with Crippen LogP contribution in [0, 0.1) is 18.3 Å². The third-order valence-corrected chi connectivity index (χ3v) is 1.03. The topological polar surface area (TPSA) is 49.6 Å². The van der Waals surface area contributed by atoms with Crippen LogP contribution in [-0.2, 0) is 0 Å². The summed E-state index contributed by atoms with van der Waals surface area (Å²) in [6.45, 7) is 1.76. The molecule has 0 N–H and O–H groups in total. The Morgan fingerprint density at radius 2 is 2.44 bits per heavy atom. The van der Waals surface area contributed by atoms with Crippen molar-refractivity contribution < 1.29 is 0 Å². The molecule has 0 bridgehead atoms. The van der Waals surface area contributed by atoms with Gasteiger partial charge in [-0.25, -0.2) is 0 Å². The zero-order valence-corrected chi connectivity index (χ0v) is 5.00. The van der Waals surface area contributed by atoms with Gasteiger partial charge in [0.15, 0.2) is 0 Å². The first-order chi connectivity index (χ1) is 4.34. The van der Waals surface area contributed by atoms with Crippen molar-refractivity contribution in [2.24, 2.45) is 0 Å². The van der Waals surface area contributed by atoms with E-state index in [0.29, 0.717) is 11.3 Å². The summed E-state index contributed by atoms with van der Waals surface area (Å²) in [6.07, 6.45) is 1.51. The van der Waals surface area contributed by atoms with Crippen molar-refractivity contribution in [3.05, 3.63) is 23.5 Å². The molecule has 0 aliphatic carbocycles. The molecular formula is C6H5N3. The average molecular weight is 119 g/mol. The molecule has 0 amide bonds. The lowest BCUT2D eigenvalue weighted by Crippen LogP contribution is -1.88. The molecule has 0 saturated heterocycles. The smallest absolute Gasteiger partial charge is 0.101 e. The lowest BCUT2D eigenvalue weighted by atomic mass is 10.2. The van der Waals surface area contributed by atoms with Crippen molar-refractivity contribution in [1.29, 1.82) is 5.26 Å². The lowest BCUT2D eigenvalue weighted by Gasteiger charge is -1.88. The highest BCUT2D eigenvalue weighted by Gasteiger charge is 1.93. The van der Waals surface area contributed by atoms with Gasteiger partial charge in [-0.1, -0.05) is 0 Å². The second kappa shape index (κ2) is 2.23. The largest absolute Gasteiger partial charge is 0.192 e. The van der Waals surface area contributed by atoms with Gasteiger partial charge < -0.3 is 0 Å². The fourth-order valence-electron chi connectivity index (χ4n) is 0.520. The zero-order chi connectivity index (χ0) is 6.69. The van der Waals surface area contributed by atoms with Gasteiger partial charge in [-0.3, -0.25) is 0 Å². The second-order valence-electron chi connectivity index (χ2n) is 1.64. The van der Waals surface area contributed by atoms with Gasteiger partial charge in [0.2, 0.25) is 0 Å². The summed E-state index contributed by atoms with van der Waals surface area (Å²) in [5.74, 6) is 0. The summed E-state index contributed by atoms with van der Waals surface area (Å²) in [4.78, 5) is 0.